The first kappa shape index (κ1) is 19.4. The standard InChI is InChI=1S/C22H26O4/c1-15(2)9-11-17-19(23)13-16(14-22(17)26-5)10-12-18-20(24-3)7-6-8-21(18)25-4/h6-8,10,12-14,23H,1,9,11H2,2-5H3/b12-10+. The summed E-state index contributed by atoms with van der Waals surface area (Å²) in [4.78, 5) is 0. The highest BCUT2D eigenvalue weighted by Gasteiger charge is 2.11. The van der Waals surface area contributed by atoms with Gasteiger partial charge in [-0.25, -0.2) is 0 Å². The fourth-order valence-corrected chi connectivity index (χ4v) is 2.74. The van der Waals surface area contributed by atoms with Crippen molar-refractivity contribution in [1.29, 1.82) is 0 Å². The van der Waals surface area contributed by atoms with Crippen molar-refractivity contribution in [2.45, 2.75) is 19.8 Å². The second-order valence-corrected chi connectivity index (χ2v) is 6.09. The van der Waals surface area contributed by atoms with E-state index in [2.05, 4.69) is 6.58 Å². The van der Waals surface area contributed by atoms with Gasteiger partial charge in [-0.2, -0.15) is 0 Å². The molecule has 0 radical (unpaired) electrons. The van der Waals surface area contributed by atoms with Crippen LogP contribution in [0.2, 0.25) is 0 Å². The van der Waals surface area contributed by atoms with Crippen molar-refractivity contribution in [1.82, 2.24) is 0 Å². The van der Waals surface area contributed by atoms with Crippen LogP contribution in [0.3, 0.4) is 0 Å². The maximum absolute atomic E-state index is 10.4. The van der Waals surface area contributed by atoms with Gasteiger partial charge in [-0.05, 0) is 55.7 Å². The molecule has 4 nitrogen and oxygen atoms in total. The molecule has 0 aliphatic carbocycles. The number of benzene rings is 2. The molecule has 0 aromatic heterocycles. The lowest BCUT2D eigenvalue weighted by Gasteiger charge is -2.12. The van der Waals surface area contributed by atoms with Crippen molar-refractivity contribution in [2.24, 2.45) is 0 Å². The van der Waals surface area contributed by atoms with Gasteiger partial charge < -0.3 is 19.3 Å². The van der Waals surface area contributed by atoms with E-state index in [1.165, 1.54) is 0 Å². The number of rotatable bonds is 8. The summed E-state index contributed by atoms with van der Waals surface area (Å²) in [5.41, 5.74) is 3.52. The van der Waals surface area contributed by atoms with Gasteiger partial charge in [0.2, 0.25) is 0 Å². The van der Waals surface area contributed by atoms with Crippen LogP contribution in [-0.4, -0.2) is 26.4 Å². The zero-order chi connectivity index (χ0) is 19.1. The zero-order valence-electron chi connectivity index (χ0n) is 15.8. The minimum atomic E-state index is 0.220. The monoisotopic (exact) mass is 354 g/mol. The lowest BCUT2D eigenvalue weighted by Crippen LogP contribution is -1.95. The van der Waals surface area contributed by atoms with Gasteiger partial charge in [0.1, 0.15) is 23.0 Å². The van der Waals surface area contributed by atoms with Gasteiger partial charge in [-0.3, -0.25) is 0 Å². The fraction of sp³-hybridized carbons (Fsp3) is 0.273. The third-order valence-electron chi connectivity index (χ3n) is 4.14. The van der Waals surface area contributed by atoms with Crippen LogP contribution < -0.4 is 14.2 Å². The first-order chi connectivity index (χ1) is 12.5. The predicted molar refractivity (Wildman–Crippen MR) is 106 cm³/mol. The molecule has 0 saturated carbocycles. The molecular formula is C22H26O4. The lowest BCUT2D eigenvalue weighted by atomic mass is 10.0. The quantitative estimate of drug-likeness (QED) is 0.529. The van der Waals surface area contributed by atoms with Crippen LogP contribution in [0, 0.1) is 0 Å². The Morgan fingerprint density at radius 3 is 2.15 bits per heavy atom. The van der Waals surface area contributed by atoms with Crippen molar-refractivity contribution in [3.05, 3.63) is 59.2 Å². The number of phenols is 1. The molecule has 0 spiro atoms. The smallest absolute Gasteiger partial charge is 0.129 e. The largest absolute Gasteiger partial charge is 0.508 e. The highest BCUT2D eigenvalue weighted by Crippen LogP contribution is 2.34. The van der Waals surface area contributed by atoms with Crippen LogP contribution in [0.4, 0.5) is 0 Å². The lowest BCUT2D eigenvalue weighted by molar-refractivity contribution is 0.392. The van der Waals surface area contributed by atoms with E-state index in [9.17, 15) is 5.11 Å². The number of methoxy groups -OCH3 is 3. The summed E-state index contributed by atoms with van der Waals surface area (Å²) < 4.78 is 16.3. The van der Waals surface area contributed by atoms with E-state index < -0.39 is 0 Å². The normalized spacial score (nSPS) is 10.8. The average molecular weight is 354 g/mol. The molecule has 0 saturated heterocycles. The molecule has 0 unspecified atom stereocenters. The molecule has 1 N–H and O–H groups in total. The summed E-state index contributed by atoms with van der Waals surface area (Å²) in [5, 5.41) is 10.4. The molecule has 0 bridgehead atoms. The van der Waals surface area contributed by atoms with Crippen molar-refractivity contribution >= 4 is 12.2 Å². The Morgan fingerprint density at radius 2 is 1.62 bits per heavy atom. The molecule has 0 fully saturated rings. The molecule has 2 aromatic carbocycles. The average Bonchev–Trinajstić information content (AvgIpc) is 2.64. The van der Waals surface area contributed by atoms with Crippen molar-refractivity contribution in [3.8, 4) is 23.0 Å². The van der Waals surface area contributed by atoms with E-state index >= 15 is 0 Å². The summed E-state index contributed by atoms with van der Waals surface area (Å²) in [6, 6.07) is 9.27. The minimum absolute atomic E-state index is 0.220. The maximum Gasteiger partial charge on any atom is 0.129 e. The molecule has 0 amide bonds. The number of aromatic hydroxyl groups is 1. The molecule has 4 heteroatoms. The topological polar surface area (TPSA) is 47.9 Å². The van der Waals surface area contributed by atoms with Gasteiger partial charge in [0.05, 0.1) is 26.9 Å². The van der Waals surface area contributed by atoms with Crippen LogP contribution in [0.1, 0.15) is 30.0 Å². The third-order valence-corrected chi connectivity index (χ3v) is 4.14. The van der Waals surface area contributed by atoms with E-state index in [1.807, 2.05) is 43.3 Å². The molecule has 0 heterocycles. The first-order valence-corrected chi connectivity index (χ1v) is 8.43. The van der Waals surface area contributed by atoms with Gasteiger partial charge >= 0.3 is 0 Å². The minimum Gasteiger partial charge on any atom is -0.508 e. The molecule has 2 aromatic rings. The molecule has 26 heavy (non-hydrogen) atoms. The van der Waals surface area contributed by atoms with Crippen molar-refractivity contribution in [2.75, 3.05) is 21.3 Å². The summed E-state index contributed by atoms with van der Waals surface area (Å²) >= 11 is 0. The summed E-state index contributed by atoms with van der Waals surface area (Å²) in [5.74, 6) is 2.32. The summed E-state index contributed by atoms with van der Waals surface area (Å²) in [6.07, 6.45) is 5.29. The molecule has 138 valence electrons. The number of hydrogen-bond acceptors (Lipinski definition) is 4. The number of ether oxygens (including phenoxy) is 3. The van der Waals surface area contributed by atoms with E-state index in [1.54, 1.807) is 27.4 Å². The first-order valence-electron chi connectivity index (χ1n) is 8.43. The van der Waals surface area contributed by atoms with Gasteiger partial charge in [-0.1, -0.05) is 17.7 Å². The Balaban J connectivity index is 2.37. The maximum atomic E-state index is 10.4. The second-order valence-electron chi connectivity index (χ2n) is 6.09. The Hall–Kier alpha value is -2.88. The number of hydrogen-bond donors (Lipinski definition) is 1. The van der Waals surface area contributed by atoms with E-state index in [4.69, 9.17) is 14.2 Å². The number of allylic oxidation sites excluding steroid dienone is 1. The van der Waals surface area contributed by atoms with E-state index in [-0.39, 0.29) is 5.75 Å². The molecule has 0 aliphatic heterocycles. The van der Waals surface area contributed by atoms with Gasteiger partial charge in [-0.15, -0.1) is 6.58 Å². The Morgan fingerprint density at radius 1 is 1.00 bits per heavy atom. The molecule has 0 aliphatic rings. The predicted octanol–water partition coefficient (Wildman–Crippen LogP) is 5.10. The highest BCUT2D eigenvalue weighted by atomic mass is 16.5. The van der Waals surface area contributed by atoms with E-state index in [0.717, 1.165) is 40.2 Å². The molecule has 0 atom stereocenters. The van der Waals surface area contributed by atoms with Gasteiger partial charge in [0, 0.05) is 5.56 Å². The Labute approximate surface area is 155 Å². The van der Waals surface area contributed by atoms with Gasteiger partial charge in [0.15, 0.2) is 0 Å². The highest BCUT2D eigenvalue weighted by molar-refractivity contribution is 5.77. The zero-order valence-corrected chi connectivity index (χ0v) is 15.8. The Kier molecular flexibility index (Phi) is 6.73. The second kappa shape index (κ2) is 8.99. The Bertz CT molecular complexity index is 784. The SMILES string of the molecule is C=C(C)CCc1c(O)cc(/C=C/c2c(OC)cccc2OC)cc1OC. The van der Waals surface area contributed by atoms with Gasteiger partial charge in [0.25, 0.3) is 0 Å². The third kappa shape index (κ3) is 4.60. The van der Waals surface area contributed by atoms with Crippen molar-refractivity contribution in [3.63, 3.8) is 0 Å². The van der Waals surface area contributed by atoms with Crippen LogP contribution in [0.5, 0.6) is 23.0 Å². The summed E-state index contributed by atoms with van der Waals surface area (Å²) in [7, 11) is 4.85. The van der Waals surface area contributed by atoms with Crippen molar-refractivity contribution < 1.29 is 19.3 Å². The molecule has 2 rings (SSSR count). The molecular weight excluding hydrogens is 328 g/mol. The van der Waals surface area contributed by atoms with Crippen LogP contribution in [0.15, 0.2) is 42.5 Å². The number of phenolic OH excluding ortho intramolecular Hbond substituents is 1. The van der Waals surface area contributed by atoms with Crippen LogP contribution in [-0.2, 0) is 6.42 Å². The van der Waals surface area contributed by atoms with E-state index in [0.29, 0.717) is 12.2 Å². The van der Waals surface area contributed by atoms with Crippen LogP contribution in [0.25, 0.3) is 12.2 Å². The summed E-state index contributed by atoms with van der Waals surface area (Å²) in [6.45, 7) is 5.88. The van der Waals surface area contributed by atoms with Crippen LogP contribution >= 0.6 is 0 Å². The fourth-order valence-electron chi connectivity index (χ4n) is 2.74.